The normalized spacial score (nSPS) is 14.8. The maximum absolute atomic E-state index is 10.1. The number of para-hydroxylation sites is 2. The van der Waals surface area contributed by atoms with Crippen molar-refractivity contribution < 1.29 is 5.11 Å². The molecule has 5 nitrogen and oxygen atoms in total. The molecule has 0 atom stereocenters. The Morgan fingerprint density at radius 3 is 2.57 bits per heavy atom. The minimum absolute atomic E-state index is 0.199. The second-order valence-electron chi connectivity index (χ2n) is 7.72. The minimum Gasteiger partial charge on any atom is -0.506 e. The zero-order valence-electron chi connectivity index (χ0n) is 16.7. The maximum atomic E-state index is 10.1. The molecule has 1 saturated heterocycles. The van der Waals surface area contributed by atoms with Crippen LogP contribution >= 0.6 is 11.3 Å². The molecule has 6 heteroatoms. The number of fused-ring (bicyclic) bond motifs is 1. The van der Waals surface area contributed by atoms with Gasteiger partial charge >= 0.3 is 0 Å². The molecule has 5 rings (SSSR count). The molecule has 2 aromatic heterocycles. The number of piperidine rings is 1. The Kier molecular flexibility index (Phi) is 5.34. The fourth-order valence-electron chi connectivity index (χ4n) is 3.94. The number of benzene rings is 2. The molecule has 1 aliphatic heterocycles. The standard InChI is InChI=1S/C24H24N4OS/c29-21-7-3-2-6-19(21)27-24-23-20(25-16-26-24)14-22(30-23)18-10-8-17(9-11-18)15-28-12-4-1-5-13-28/h2-3,6-11,14,16,29H,1,4-5,12-13,15H2,(H,25,26,27). The van der Waals surface area contributed by atoms with E-state index in [1.807, 2.05) is 12.1 Å². The van der Waals surface area contributed by atoms with Gasteiger partial charge in [0.05, 0.1) is 15.9 Å². The fourth-order valence-corrected chi connectivity index (χ4v) is 5.00. The van der Waals surface area contributed by atoms with Crippen molar-refractivity contribution in [3.63, 3.8) is 0 Å². The quantitative estimate of drug-likeness (QED) is 0.403. The van der Waals surface area contributed by atoms with Crippen LogP contribution in [0.3, 0.4) is 0 Å². The molecule has 0 unspecified atom stereocenters. The molecule has 4 aromatic rings. The summed E-state index contributed by atoms with van der Waals surface area (Å²) in [5.41, 5.74) is 4.09. The van der Waals surface area contributed by atoms with Crippen LogP contribution in [0.25, 0.3) is 20.7 Å². The van der Waals surface area contributed by atoms with Gasteiger partial charge in [0, 0.05) is 11.4 Å². The first-order chi connectivity index (χ1) is 14.8. The fraction of sp³-hybridized carbons (Fsp3) is 0.250. The Bertz CT molecular complexity index is 1150. The number of nitrogens with zero attached hydrogens (tertiary/aromatic N) is 3. The summed E-state index contributed by atoms with van der Waals surface area (Å²) in [6.07, 6.45) is 5.56. The summed E-state index contributed by atoms with van der Waals surface area (Å²) < 4.78 is 0.980. The first-order valence-corrected chi connectivity index (χ1v) is 11.2. The largest absolute Gasteiger partial charge is 0.506 e. The van der Waals surface area contributed by atoms with Crippen molar-refractivity contribution in [2.75, 3.05) is 18.4 Å². The average molecular weight is 417 g/mol. The van der Waals surface area contributed by atoms with Crippen molar-refractivity contribution in [2.45, 2.75) is 25.8 Å². The first kappa shape index (κ1) is 19.0. The van der Waals surface area contributed by atoms with Crippen molar-refractivity contribution in [1.82, 2.24) is 14.9 Å². The van der Waals surface area contributed by atoms with E-state index in [2.05, 4.69) is 50.5 Å². The van der Waals surface area contributed by atoms with E-state index in [4.69, 9.17) is 0 Å². The van der Waals surface area contributed by atoms with Crippen LogP contribution in [0.2, 0.25) is 0 Å². The van der Waals surface area contributed by atoms with Gasteiger partial charge in [0.2, 0.25) is 0 Å². The van der Waals surface area contributed by atoms with Crippen LogP contribution in [0.1, 0.15) is 24.8 Å². The van der Waals surface area contributed by atoms with Gasteiger partial charge in [0.15, 0.2) is 5.82 Å². The van der Waals surface area contributed by atoms with Gasteiger partial charge in [-0.15, -0.1) is 11.3 Å². The van der Waals surface area contributed by atoms with E-state index < -0.39 is 0 Å². The third kappa shape index (κ3) is 4.01. The highest BCUT2D eigenvalue weighted by Crippen LogP contribution is 2.37. The number of phenolic OH excluding ortho intramolecular Hbond substituents is 1. The van der Waals surface area contributed by atoms with Crippen LogP contribution in [0, 0.1) is 0 Å². The van der Waals surface area contributed by atoms with Gasteiger partial charge in [0.1, 0.15) is 12.1 Å². The lowest BCUT2D eigenvalue weighted by Crippen LogP contribution is -2.28. The number of aromatic nitrogens is 2. The number of aromatic hydroxyl groups is 1. The molecule has 2 N–H and O–H groups in total. The summed E-state index contributed by atoms with van der Waals surface area (Å²) >= 11 is 1.66. The minimum atomic E-state index is 0.199. The summed E-state index contributed by atoms with van der Waals surface area (Å²) in [6, 6.07) is 18.2. The second-order valence-corrected chi connectivity index (χ2v) is 8.78. The Morgan fingerprint density at radius 1 is 0.967 bits per heavy atom. The van der Waals surface area contributed by atoms with Crippen LogP contribution in [-0.4, -0.2) is 33.1 Å². The molecule has 0 saturated carbocycles. The van der Waals surface area contributed by atoms with Crippen LogP contribution < -0.4 is 5.32 Å². The molecule has 1 aliphatic rings. The predicted octanol–water partition coefficient (Wildman–Crippen LogP) is 5.79. The smallest absolute Gasteiger partial charge is 0.151 e. The lowest BCUT2D eigenvalue weighted by Gasteiger charge is -2.26. The monoisotopic (exact) mass is 416 g/mol. The molecule has 3 heterocycles. The summed E-state index contributed by atoms with van der Waals surface area (Å²) in [5, 5.41) is 13.3. The Hall–Kier alpha value is -2.96. The van der Waals surface area contributed by atoms with Gasteiger partial charge < -0.3 is 10.4 Å². The molecule has 0 bridgehead atoms. The second kappa shape index (κ2) is 8.42. The molecular weight excluding hydrogens is 392 g/mol. The molecule has 0 spiro atoms. The predicted molar refractivity (Wildman–Crippen MR) is 123 cm³/mol. The van der Waals surface area contributed by atoms with Crippen molar-refractivity contribution in [1.29, 1.82) is 0 Å². The number of likely N-dealkylation sites (tertiary alicyclic amines) is 1. The number of anilines is 2. The summed E-state index contributed by atoms with van der Waals surface area (Å²) in [5.74, 6) is 0.907. The number of thiophene rings is 1. The number of hydrogen-bond acceptors (Lipinski definition) is 6. The highest BCUT2D eigenvalue weighted by molar-refractivity contribution is 7.22. The Balaban J connectivity index is 1.39. The number of nitrogens with one attached hydrogen (secondary N) is 1. The lowest BCUT2D eigenvalue weighted by atomic mass is 10.1. The average Bonchev–Trinajstić information content (AvgIpc) is 3.22. The summed E-state index contributed by atoms with van der Waals surface area (Å²) in [6.45, 7) is 3.46. The van der Waals surface area contributed by atoms with E-state index in [1.54, 1.807) is 29.8 Å². The zero-order valence-corrected chi connectivity index (χ0v) is 17.5. The van der Waals surface area contributed by atoms with Crippen molar-refractivity contribution in [2.24, 2.45) is 0 Å². The summed E-state index contributed by atoms with van der Waals surface area (Å²) in [7, 11) is 0. The van der Waals surface area contributed by atoms with E-state index in [-0.39, 0.29) is 5.75 Å². The highest BCUT2D eigenvalue weighted by Gasteiger charge is 2.13. The van der Waals surface area contributed by atoms with Crippen molar-refractivity contribution in [3.05, 3.63) is 66.5 Å². The first-order valence-electron chi connectivity index (χ1n) is 10.4. The summed E-state index contributed by atoms with van der Waals surface area (Å²) in [4.78, 5) is 12.5. The molecule has 30 heavy (non-hydrogen) atoms. The van der Waals surface area contributed by atoms with E-state index in [0.29, 0.717) is 11.5 Å². The molecule has 0 aliphatic carbocycles. The van der Waals surface area contributed by atoms with Crippen molar-refractivity contribution >= 4 is 33.1 Å². The third-order valence-corrected chi connectivity index (χ3v) is 6.74. The third-order valence-electron chi connectivity index (χ3n) is 5.56. The Morgan fingerprint density at radius 2 is 1.77 bits per heavy atom. The van der Waals surface area contributed by atoms with E-state index in [1.165, 1.54) is 43.5 Å². The van der Waals surface area contributed by atoms with Gasteiger partial charge in [-0.05, 0) is 55.3 Å². The number of phenols is 1. The number of hydrogen-bond donors (Lipinski definition) is 2. The SMILES string of the molecule is Oc1ccccc1Nc1ncnc2cc(-c3ccc(CN4CCCCC4)cc3)sc12. The van der Waals surface area contributed by atoms with Gasteiger partial charge in [-0.2, -0.15) is 0 Å². The van der Waals surface area contributed by atoms with Gasteiger partial charge in [-0.1, -0.05) is 42.8 Å². The van der Waals surface area contributed by atoms with Crippen LogP contribution in [-0.2, 0) is 6.54 Å². The molecule has 152 valence electrons. The highest BCUT2D eigenvalue weighted by atomic mass is 32.1. The molecule has 0 radical (unpaired) electrons. The maximum Gasteiger partial charge on any atom is 0.151 e. The van der Waals surface area contributed by atoms with Crippen molar-refractivity contribution in [3.8, 4) is 16.2 Å². The van der Waals surface area contributed by atoms with E-state index in [9.17, 15) is 5.11 Å². The molecule has 1 fully saturated rings. The zero-order chi connectivity index (χ0) is 20.3. The van der Waals surface area contributed by atoms with Gasteiger partial charge in [-0.3, -0.25) is 4.90 Å². The van der Waals surface area contributed by atoms with Gasteiger partial charge in [0.25, 0.3) is 0 Å². The van der Waals surface area contributed by atoms with E-state index >= 15 is 0 Å². The molecule has 0 amide bonds. The molecular formula is C24H24N4OS. The lowest BCUT2D eigenvalue weighted by molar-refractivity contribution is 0.221. The van der Waals surface area contributed by atoms with Crippen LogP contribution in [0.15, 0.2) is 60.9 Å². The van der Waals surface area contributed by atoms with E-state index in [0.717, 1.165) is 21.6 Å². The number of rotatable bonds is 5. The molecule has 2 aromatic carbocycles. The Labute approximate surface area is 180 Å². The topological polar surface area (TPSA) is 61.3 Å². The van der Waals surface area contributed by atoms with Crippen LogP contribution in [0.4, 0.5) is 11.5 Å². The van der Waals surface area contributed by atoms with Crippen LogP contribution in [0.5, 0.6) is 5.75 Å². The van der Waals surface area contributed by atoms with Gasteiger partial charge in [-0.25, -0.2) is 9.97 Å².